The van der Waals surface area contributed by atoms with Crippen LogP contribution < -0.4 is 4.28 Å². The molecular weight excluding hydrogens is 326 g/mol. The van der Waals surface area contributed by atoms with E-state index in [0.29, 0.717) is 28.7 Å². The Morgan fingerprint density at radius 3 is 2.22 bits per heavy atom. The summed E-state index contributed by atoms with van der Waals surface area (Å²) in [5.74, 6) is -2.16. The summed E-state index contributed by atoms with van der Waals surface area (Å²) >= 11 is 0. The Kier molecular flexibility index (Phi) is 4.88. The van der Waals surface area contributed by atoms with Crippen molar-refractivity contribution in [3.05, 3.63) is 23.3 Å². The van der Waals surface area contributed by atoms with Crippen molar-refractivity contribution in [3.8, 4) is 11.8 Å². The highest BCUT2D eigenvalue weighted by atomic mass is 32.2. The second kappa shape index (κ2) is 6.53. The molecule has 2 rings (SSSR count). The second-order valence-electron chi connectivity index (χ2n) is 5.36. The van der Waals surface area contributed by atoms with Crippen LogP contribution in [0, 0.1) is 0 Å². The van der Waals surface area contributed by atoms with Crippen LogP contribution in [-0.2, 0) is 32.5 Å². The van der Waals surface area contributed by atoms with Crippen LogP contribution in [-0.4, -0.2) is 41.7 Å². The van der Waals surface area contributed by atoms with Crippen LogP contribution in [0.5, 0.6) is 11.8 Å². The van der Waals surface area contributed by atoms with Gasteiger partial charge in [0.25, 0.3) is 0 Å². The van der Waals surface area contributed by atoms with Gasteiger partial charge in [-0.25, -0.2) is 4.79 Å². The standard InChI is InChI=1S/C14H19NO7S/c1-9(2)14(18)21-7-8-23(19,20)22-15-12(16)10-5-3-4-6-11(10)13(15)17/h16-17H,1,3-8H2,2H3. The zero-order valence-corrected chi connectivity index (χ0v) is 13.6. The number of carbonyl (C=O) groups is 1. The molecule has 23 heavy (non-hydrogen) atoms. The molecule has 0 aromatic carbocycles. The van der Waals surface area contributed by atoms with E-state index in [1.54, 1.807) is 0 Å². The van der Waals surface area contributed by atoms with Crippen molar-refractivity contribution in [2.75, 3.05) is 12.4 Å². The zero-order valence-electron chi connectivity index (χ0n) is 12.7. The van der Waals surface area contributed by atoms with Gasteiger partial charge in [-0.2, -0.15) is 8.42 Å². The first-order chi connectivity index (χ1) is 10.7. The second-order valence-corrected chi connectivity index (χ2v) is 7.03. The molecule has 0 spiro atoms. The molecule has 0 amide bonds. The lowest BCUT2D eigenvalue weighted by molar-refractivity contribution is -0.138. The Morgan fingerprint density at radius 2 is 1.74 bits per heavy atom. The first kappa shape index (κ1) is 17.2. The maximum Gasteiger partial charge on any atom is 0.333 e. The normalized spacial score (nSPS) is 14.1. The lowest BCUT2D eigenvalue weighted by Gasteiger charge is -2.09. The third-order valence-electron chi connectivity index (χ3n) is 3.50. The molecule has 1 aliphatic rings. The number of carbonyl (C=O) groups excluding carboxylic acids is 1. The number of aromatic hydroxyl groups is 2. The lowest BCUT2D eigenvalue weighted by Crippen LogP contribution is -2.25. The summed E-state index contributed by atoms with van der Waals surface area (Å²) in [5, 5.41) is 20.0. The number of fused-ring (bicyclic) bond motifs is 1. The summed E-state index contributed by atoms with van der Waals surface area (Å²) in [5.41, 5.74) is 1.15. The number of ether oxygens (including phenoxy) is 1. The summed E-state index contributed by atoms with van der Waals surface area (Å²) in [6.07, 6.45) is 2.77. The average Bonchev–Trinajstić information content (AvgIpc) is 2.72. The summed E-state index contributed by atoms with van der Waals surface area (Å²) in [7, 11) is -4.16. The maximum absolute atomic E-state index is 11.9. The predicted molar refractivity (Wildman–Crippen MR) is 80.5 cm³/mol. The summed E-state index contributed by atoms with van der Waals surface area (Å²) in [6, 6.07) is 0. The minimum absolute atomic E-state index is 0.150. The van der Waals surface area contributed by atoms with E-state index >= 15 is 0 Å². The first-order valence-corrected chi connectivity index (χ1v) is 8.70. The molecule has 1 aromatic heterocycles. The molecule has 0 atom stereocenters. The molecule has 1 aliphatic carbocycles. The molecule has 1 heterocycles. The molecule has 2 N–H and O–H groups in total. The predicted octanol–water partition coefficient (Wildman–Crippen LogP) is 0.656. The first-order valence-electron chi connectivity index (χ1n) is 7.12. The number of hydrogen-bond donors (Lipinski definition) is 2. The molecule has 0 bridgehead atoms. The van der Waals surface area contributed by atoms with Crippen LogP contribution >= 0.6 is 0 Å². The summed E-state index contributed by atoms with van der Waals surface area (Å²) in [4.78, 5) is 11.2. The molecule has 1 aromatic rings. The largest absolute Gasteiger partial charge is 0.492 e. The van der Waals surface area contributed by atoms with E-state index in [0.717, 1.165) is 12.8 Å². The maximum atomic E-state index is 11.9. The molecule has 8 nitrogen and oxygen atoms in total. The van der Waals surface area contributed by atoms with Crippen LogP contribution in [0.4, 0.5) is 0 Å². The van der Waals surface area contributed by atoms with Gasteiger partial charge in [0.05, 0.1) is 0 Å². The van der Waals surface area contributed by atoms with Crippen LogP contribution in [0.3, 0.4) is 0 Å². The Hall–Kier alpha value is -2.16. The van der Waals surface area contributed by atoms with Crippen molar-refractivity contribution in [3.63, 3.8) is 0 Å². The van der Waals surface area contributed by atoms with Gasteiger partial charge < -0.3 is 14.9 Å². The Bertz CT molecular complexity index is 703. The topological polar surface area (TPSA) is 115 Å². The Balaban J connectivity index is 2.08. The summed E-state index contributed by atoms with van der Waals surface area (Å²) in [6.45, 7) is 4.39. The molecule has 0 saturated heterocycles. The van der Waals surface area contributed by atoms with Gasteiger partial charge >= 0.3 is 16.1 Å². The monoisotopic (exact) mass is 345 g/mol. The highest BCUT2D eigenvalue weighted by Crippen LogP contribution is 2.37. The van der Waals surface area contributed by atoms with Gasteiger partial charge in [0.1, 0.15) is 12.4 Å². The average molecular weight is 345 g/mol. The zero-order chi connectivity index (χ0) is 17.2. The van der Waals surface area contributed by atoms with Crippen molar-refractivity contribution in [1.29, 1.82) is 0 Å². The van der Waals surface area contributed by atoms with E-state index in [9.17, 15) is 23.4 Å². The minimum Gasteiger partial charge on any atom is -0.492 e. The van der Waals surface area contributed by atoms with Gasteiger partial charge in [-0.1, -0.05) is 11.3 Å². The molecule has 0 aliphatic heterocycles. The minimum atomic E-state index is -4.16. The van der Waals surface area contributed by atoms with E-state index in [1.165, 1.54) is 6.92 Å². The van der Waals surface area contributed by atoms with E-state index in [4.69, 9.17) is 4.28 Å². The highest BCUT2D eigenvalue weighted by molar-refractivity contribution is 7.86. The molecule has 0 fully saturated rings. The number of nitrogens with zero attached hydrogens (tertiary/aromatic N) is 1. The quantitative estimate of drug-likeness (QED) is 0.575. The SMILES string of the molecule is C=C(C)C(=O)OCCS(=O)(=O)On1c(O)c2c(c1O)CCCC2. The van der Waals surface area contributed by atoms with Crippen molar-refractivity contribution in [1.82, 2.24) is 4.73 Å². The fraction of sp³-hybridized carbons (Fsp3) is 0.500. The smallest absolute Gasteiger partial charge is 0.333 e. The van der Waals surface area contributed by atoms with Crippen LogP contribution in [0.2, 0.25) is 0 Å². The third-order valence-corrected chi connectivity index (χ3v) is 4.54. The molecule has 0 radical (unpaired) electrons. The van der Waals surface area contributed by atoms with Crippen molar-refractivity contribution in [2.24, 2.45) is 0 Å². The van der Waals surface area contributed by atoms with E-state index in [2.05, 4.69) is 11.3 Å². The lowest BCUT2D eigenvalue weighted by atomic mass is 9.95. The van der Waals surface area contributed by atoms with Crippen molar-refractivity contribution >= 4 is 16.1 Å². The fourth-order valence-corrected chi connectivity index (χ4v) is 3.06. The van der Waals surface area contributed by atoms with Gasteiger partial charge in [0.15, 0.2) is 0 Å². The molecule has 0 saturated carbocycles. The van der Waals surface area contributed by atoms with Crippen LogP contribution in [0.25, 0.3) is 0 Å². The number of hydrogen-bond acceptors (Lipinski definition) is 7. The van der Waals surface area contributed by atoms with E-state index < -0.39 is 40.2 Å². The fourth-order valence-electron chi connectivity index (χ4n) is 2.33. The van der Waals surface area contributed by atoms with Crippen LogP contribution in [0.15, 0.2) is 12.2 Å². The number of rotatable bonds is 6. The van der Waals surface area contributed by atoms with Crippen molar-refractivity contribution in [2.45, 2.75) is 32.6 Å². The molecule has 128 valence electrons. The molecule has 9 heteroatoms. The van der Waals surface area contributed by atoms with Gasteiger partial charge in [-0.3, -0.25) is 4.28 Å². The van der Waals surface area contributed by atoms with Gasteiger partial charge in [-0.05, 0) is 32.6 Å². The summed E-state index contributed by atoms with van der Waals surface area (Å²) < 4.78 is 33.7. The molecule has 0 unspecified atom stereocenters. The highest BCUT2D eigenvalue weighted by Gasteiger charge is 2.28. The van der Waals surface area contributed by atoms with Gasteiger partial charge in [-0.15, -0.1) is 0 Å². The van der Waals surface area contributed by atoms with Crippen molar-refractivity contribution < 1.29 is 32.4 Å². The third kappa shape index (κ3) is 3.79. The Morgan fingerprint density at radius 1 is 1.22 bits per heavy atom. The molecular formula is C14H19NO7S. The van der Waals surface area contributed by atoms with E-state index in [-0.39, 0.29) is 5.57 Å². The van der Waals surface area contributed by atoms with Crippen LogP contribution in [0.1, 0.15) is 30.9 Å². The number of esters is 1. The Labute approximate surface area is 134 Å². The number of aromatic nitrogens is 1. The van der Waals surface area contributed by atoms with Gasteiger partial charge in [0, 0.05) is 16.7 Å². The van der Waals surface area contributed by atoms with E-state index in [1.807, 2.05) is 0 Å². The van der Waals surface area contributed by atoms with Gasteiger partial charge in [0.2, 0.25) is 11.8 Å².